The number of imidazole rings is 1. The number of aryl methyl sites for hydroxylation is 1. The van der Waals surface area contributed by atoms with Crippen molar-refractivity contribution in [2.24, 2.45) is 0 Å². The van der Waals surface area contributed by atoms with Crippen molar-refractivity contribution in [3.05, 3.63) is 42.2 Å². The van der Waals surface area contributed by atoms with E-state index in [9.17, 15) is 0 Å². The maximum absolute atomic E-state index is 4.85. The molecule has 7 nitrogen and oxygen atoms in total. The summed E-state index contributed by atoms with van der Waals surface area (Å²) >= 11 is 0. The van der Waals surface area contributed by atoms with Crippen molar-refractivity contribution in [1.82, 2.24) is 30.1 Å². The summed E-state index contributed by atoms with van der Waals surface area (Å²) in [5, 5.41) is 16.7. The second kappa shape index (κ2) is 8.96. The molecular formula is C18H22Cl3N7. The molecular weight excluding hydrogens is 421 g/mol. The zero-order valence-electron chi connectivity index (χ0n) is 15.3. The van der Waals surface area contributed by atoms with Gasteiger partial charge in [-0.15, -0.1) is 42.3 Å². The number of aromatic amines is 1. The van der Waals surface area contributed by atoms with E-state index in [1.165, 1.54) is 0 Å². The second-order valence-electron chi connectivity index (χ2n) is 6.41. The first kappa shape index (κ1) is 22.2. The molecule has 10 heteroatoms. The Morgan fingerprint density at radius 1 is 1.00 bits per heavy atom. The summed E-state index contributed by atoms with van der Waals surface area (Å²) in [6, 6.07) is 10.4. The average molecular weight is 443 g/mol. The SMILES string of the molecule is Cc1n[nH]c2ccc(-c3cnc4ccc(N5CCNCC5)nn34)cc12.Cl.Cl.Cl. The molecule has 1 saturated heterocycles. The molecule has 0 saturated carbocycles. The summed E-state index contributed by atoms with van der Waals surface area (Å²) in [5.74, 6) is 0.994. The van der Waals surface area contributed by atoms with E-state index in [0.29, 0.717) is 0 Å². The monoisotopic (exact) mass is 441 g/mol. The van der Waals surface area contributed by atoms with Crippen LogP contribution in [0, 0.1) is 6.92 Å². The lowest BCUT2D eigenvalue weighted by Crippen LogP contribution is -2.44. The predicted octanol–water partition coefficient (Wildman–Crippen LogP) is 3.26. The molecule has 1 fully saturated rings. The number of benzene rings is 1. The van der Waals surface area contributed by atoms with Crippen LogP contribution >= 0.6 is 37.2 Å². The van der Waals surface area contributed by atoms with Crippen LogP contribution in [-0.4, -0.2) is 51.0 Å². The quantitative estimate of drug-likeness (QED) is 0.498. The number of rotatable bonds is 2. The Kier molecular flexibility index (Phi) is 7.11. The van der Waals surface area contributed by atoms with Crippen LogP contribution in [0.15, 0.2) is 36.5 Å². The normalized spacial score (nSPS) is 13.7. The Hall–Kier alpha value is -2.06. The maximum atomic E-state index is 4.85. The van der Waals surface area contributed by atoms with E-state index in [-0.39, 0.29) is 37.2 Å². The van der Waals surface area contributed by atoms with Crippen LogP contribution in [-0.2, 0) is 0 Å². The summed E-state index contributed by atoms with van der Waals surface area (Å²) in [4.78, 5) is 6.83. The van der Waals surface area contributed by atoms with Gasteiger partial charge in [0.05, 0.1) is 23.1 Å². The molecule has 150 valence electrons. The summed E-state index contributed by atoms with van der Waals surface area (Å²) in [5.41, 5.74) is 4.99. The van der Waals surface area contributed by atoms with Gasteiger partial charge in [-0.2, -0.15) is 5.10 Å². The lowest BCUT2D eigenvalue weighted by Gasteiger charge is -2.28. The van der Waals surface area contributed by atoms with Gasteiger partial charge in [0.1, 0.15) is 5.82 Å². The number of hydrogen-bond donors (Lipinski definition) is 2. The third kappa shape index (κ3) is 3.75. The predicted molar refractivity (Wildman–Crippen MR) is 120 cm³/mol. The fourth-order valence-corrected chi connectivity index (χ4v) is 3.43. The Labute approximate surface area is 181 Å². The molecule has 0 bridgehead atoms. The van der Waals surface area contributed by atoms with Crippen molar-refractivity contribution in [2.45, 2.75) is 6.92 Å². The van der Waals surface area contributed by atoms with Crippen LogP contribution in [0.5, 0.6) is 0 Å². The van der Waals surface area contributed by atoms with E-state index in [1.54, 1.807) is 0 Å². The molecule has 5 rings (SSSR count). The van der Waals surface area contributed by atoms with Gasteiger partial charge in [0.15, 0.2) is 5.65 Å². The number of anilines is 1. The van der Waals surface area contributed by atoms with Crippen molar-refractivity contribution in [2.75, 3.05) is 31.1 Å². The van der Waals surface area contributed by atoms with E-state index in [0.717, 1.165) is 65.5 Å². The number of nitrogens with zero attached hydrogens (tertiary/aromatic N) is 5. The molecule has 1 aromatic carbocycles. The Morgan fingerprint density at radius 3 is 2.57 bits per heavy atom. The standard InChI is InChI=1S/C18H19N7.3ClH/c1-12-14-10-13(2-3-15(14)22-21-12)16-11-20-17-4-5-18(23-25(16)17)24-8-6-19-7-9-24;;;/h2-5,10-11,19H,6-9H2,1H3,(H,21,22);3*1H. The van der Waals surface area contributed by atoms with Gasteiger partial charge in [0.25, 0.3) is 0 Å². The topological polar surface area (TPSA) is 74.1 Å². The number of fused-ring (bicyclic) bond motifs is 2. The van der Waals surface area contributed by atoms with Crippen molar-refractivity contribution in [1.29, 1.82) is 0 Å². The molecule has 0 aliphatic carbocycles. The van der Waals surface area contributed by atoms with Crippen LogP contribution in [0.3, 0.4) is 0 Å². The van der Waals surface area contributed by atoms with Crippen molar-refractivity contribution < 1.29 is 0 Å². The van der Waals surface area contributed by atoms with E-state index >= 15 is 0 Å². The van der Waals surface area contributed by atoms with Gasteiger partial charge in [0, 0.05) is 37.1 Å². The molecule has 0 atom stereocenters. The molecule has 1 aliphatic rings. The van der Waals surface area contributed by atoms with Gasteiger partial charge in [0.2, 0.25) is 0 Å². The molecule has 28 heavy (non-hydrogen) atoms. The molecule has 0 spiro atoms. The van der Waals surface area contributed by atoms with Gasteiger partial charge >= 0.3 is 0 Å². The van der Waals surface area contributed by atoms with Crippen LogP contribution < -0.4 is 10.2 Å². The van der Waals surface area contributed by atoms with Crippen LogP contribution in [0.1, 0.15) is 5.69 Å². The van der Waals surface area contributed by atoms with Gasteiger partial charge in [-0.1, -0.05) is 6.07 Å². The van der Waals surface area contributed by atoms with Gasteiger partial charge in [-0.3, -0.25) is 5.10 Å². The largest absolute Gasteiger partial charge is 0.353 e. The number of piperazine rings is 1. The fraction of sp³-hybridized carbons (Fsp3) is 0.278. The van der Waals surface area contributed by atoms with E-state index in [2.05, 4.69) is 49.7 Å². The number of H-pyrrole nitrogens is 1. The summed E-state index contributed by atoms with van der Waals surface area (Å²) in [6.07, 6.45) is 1.89. The molecule has 2 N–H and O–H groups in total. The summed E-state index contributed by atoms with van der Waals surface area (Å²) in [6.45, 7) is 5.95. The van der Waals surface area contributed by atoms with Crippen molar-refractivity contribution >= 4 is 59.6 Å². The first-order valence-corrected chi connectivity index (χ1v) is 8.55. The minimum atomic E-state index is 0. The van der Waals surface area contributed by atoms with Crippen LogP contribution in [0.4, 0.5) is 5.82 Å². The van der Waals surface area contributed by atoms with E-state index in [4.69, 9.17) is 5.10 Å². The molecule has 1 aliphatic heterocycles. The second-order valence-corrected chi connectivity index (χ2v) is 6.41. The highest BCUT2D eigenvalue weighted by Gasteiger charge is 2.15. The molecule has 4 heterocycles. The third-order valence-corrected chi connectivity index (χ3v) is 4.84. The van der Waals surface area contributed by atoms with E-state index in [1.807, 2.05) is 23.7 Å². The summed E-state index contributed by atoms with van der Waals surface area (Å²) in [7, 11) is 0. The fourth-order valence-electron chi connectivity index (χ4n) is 3.43. The van der Waals surface area contributed by atoms with Crippen molar-refractivity contribution in [3.63, 3.8) is 0 Å². The minimum absolute atomic E-state index is 0. The Bertz CT molecular complexity index is 1070. The number of nitrogens with one attached hydrogen (secondary N) is 2. The lowest BCUT2D eigenvalue weighted by molar-refractivity contribution is 0.582. The first-order valence-electron chi connectivity index (χ1n) is 8.55. The molecule has 0 unspecified atom stereocenters. The van der Waals surface area contributed by atoms with Gasteiger partial charge < -0.3 is 10.2 Å². The maximum Gasteiger partial charge on any atom is 0.154 e. The highest BCUT2D eigenvalue weighted by molar-refractivity contribution is 5.86. The van der Waals surface area contributed by atoms with Gasteiger partial charge in [-0.05, 0) is 31.2 Å². The van der Waals surface area contributed by atoms with Crippen LogP contribution in [0.2, 0.25) is 0 Å². The zero-order chi connectivity index (χ0) is 16.8. The first-order chi connectivity index (χ1) is 12.3. The number of hydrogen-bond acceptors (Lipinski definition) is 5. The number of aromatic nitrogens is 5. The zero-order valence-corrected chi connectivity index (χ0v) is 17.7. The van der Waals surface area contributed by atoms with E-state index < -0.39 is 0 Å². The molecule has 0 radical (unpaired) electrons. The highest BCUT2D eigenvalue weighted by atomic mass is 35.5. The number of halogens is 3. The highest BCUT2D eigenvalue weighted by Crippen LogP contribution is 2.26. The molecule has 3 aromatic heterocycles. The molecule has 0 amide bonds. The Morgan fingerprint density at radius 2 is 1.79 bits per heavy atom. The van der Waals surface area contributed by atoms with Gasteiger partial charge in [-0.25, -0.2) is 9.50 Å². The lowest BCUT2D eigenvalue weighted by atomic mass is 10.1. The minimum Gasteiger partial charge on any atom is -0.353 e. The summed E-state index contributed by atoms with van der Waals surface area (Å²) < 4.78 is 1.94. The van der Waals surface area contributed by atoms with Crippen molar-refractivity contribution in [3.8, 4) is 11.3 Å². The van der Waals surface area contributed by atoms with Crippen LogP contribution in [0.25, 0.3) is 27.8 Å². The average Bonchev–Trinajstić information content (AvgIpc) is 3.25. The smallest absolute Gasteiger partial charge is 0.154 e. The Balaban J connectivity index is 0.000000934. The third-order valence-electron chi connectivity index (χ3n) is 4.84. The molecule has 4 aromatic rings.